The molecule has 0 N–H and O–H groups in total. The number of hydrogen-bond donors (Lipinski definition) is 0. The minimum absolute atomic E-state index is 0.0435. The number of hydrogen-bond acceptors (Lipinski definition) is 4. The zero-order valence-corrected chi connectivity index (χ0v) is 19.9. The van der Waals surface area contributed by atoms with E-state index in [-0.39, 0.29) is 19.0 Å². The largest absolute Gasteiger partial charge is 0.356 e. The molecular weight excluding hydrogens is 440 g/mol. The van der Waals surface area contributed by atoms with Crippen LogP contribution in [0, 0.1) is 0 Å². The summed E-state index contributed by atoms with van der Waals surface area (Å²) in [6.07, 6.45) is 0.966. The molecule has 6 nitrogen and oxygen atoms in total. The van der Waals surface area contributed by atoms with Gasteiger partial charge in [0, 0.05) is 17.7 Å². The van der Waals surface area contributed by atoms with Crippen LogP contribution in [0.25, 0.3) is 0 Å². The molecule has 4 aromatic rings. The quantitative estimate of drug-likeness (QED) is 0.324. The molecule has 0 aliphatic heterocycles. The zero-order valence-electron chi connectivity index (χ0n) is 19.9. The highest BCUT2D eigenvalue weighted by atomic mass is 16.5. The van der Waals surface area contributed by atoms with Crippen LogP contribution < -0.4 is 11.2 Å². The predicted molar refractivity (Wildman–Crippen MR) is 136 cm³/mol. The van der Waals surface area contributed by atoms with Gasteiger partial charge < -0.3 is 9.47 Å². The molecule has 0 unspecified atom stereocenters. The van der Waals surface area contributed by atoms with Crippen LogP contribution in [0.2, 0.25) is 0 Å². The van der Waals surface area contributed by atoms with E-state index in [4.69, 9.17) is 9.47 Å². The van der Waals surface area contributed by atoms with Crippen LogP contribution in [0.15, 0.2) is 101 Å². The van der Waals surface area contributed by atoms with Gasteiger partial charge in [-0.05, 0) is 23.1 Å². The highest BCUT2D eigenvalue weighted by molar-refractivity contribution is 5.27. The maximum Gasteiger partial charge on any atom is 0.335 e. The first-order valence-corrected chi connectivity index (χ1v) is 11.8. The lowest BCUT2D eigenvalue weighted by Gasteiger charge is -2.19. The highest BCUT2D eigenvalue weighted by Gasteiger charge is 2.19. The molecule has 0 saturated heterocycles. The van der Waals surface area contributed by atoms with Gasteiger partial charge in [-0.25, -0.2) is 9.36 Å². The average molecular weight is 471 g/mol. The molecule has 0 amide bonds. The Kier molecular flexibility index (Phi) is 8.44. The van der Waals surface area contributed by atoms with E-state index >= 15 is 0 Å². The molecule has 0 spiro atoms. The standard InChI is InChI=1S/C29H30N2O4/c1-2-26-27(18-23-12-6-3-7-13-23)30(21-34-19-24-14-8-4-9-15-24)29(33)31(28(26)32)22-35-20-25-16-10-5-11-17-25/h3-17H,2,18-22H2,1H3. The molecule has 4 rings (SSSR count). The fourth-order valence-corrected chi connectivity index (χ4v) is 4.05. The van der Waals surface area contributed by atoms with Crippen molar-refractivity contribution in [3.8, 4) is 0 Å². The van der Waals surface area contributed by atoms with Crippen molar-refractivity contribution in [3.63, 3.8) is 0 Å². The van der Waals surface area contributed by atoms with Crippen LogP contribution in [0.5, 0.6) is 0 Å². The molecule has 6 heteroatoms. The summed E-state index contributed by atoms with van der Waals surface area (Å²) in [5.41, 5.74) is 3.55. The normalized spacial score (nSPS) is 11.0. The number of ether oxygens (including phenoxy) is 2. The lowest BCUT2D eigenvalue weighted by Crippen LogP contribution is -2.44. The molecule has 35 heavy (non-hydrogen) atoms. The van der Waals surface area contributed by atoms with Gasteiger partial charge in [0.25, 0.3) is 5.56 Å². The smallest absolute Gasteiger partial charge is 0.335 e. The van der Waals surface area contributed by atoms with Crippen molar-refractivity contribution in [2.75, 3.05) is 0 Å². The Morgan fingerprint density at radius 2 is 1.09 bits per heavy atom. The van der Waals surface area contributed by atoms with E-state index in [2.05, 4.69) is 0 Å². The van der Waals surface area contributed by atoms with E-state index in [1.54, 1.807) is 4.57 Å². The van der Waals surface area contributed by atoms with Gasteiger partial charge >= 0.3 is 5.69 Å². The van der Waals surface area contributed by atoms with Crippen LogP contribution in [0.1, 0.15) is 34.9 Å². The minimum Gasteiger partial charge on any atom is -0.356 e. The first kappa shape index (κ1) is 24.4. The molecule has 0 saturated carbocycles. The second-order valence-electron chi connectivity index (χ2n) is 8.31. The van der Waals surface area contributed by atoms with E-state index in [9.17, 15) is 9.59 Å². The lowest BCUT2D eigenvalue weighted by molar-refractivity contribution is 0.0426. The molecule has 0 aliphatic carbocycles. The molecule has 0 fully saturated rings. The minimum atomic E-state index is -0.431. The van der Waals surface area contributed by atoms with Crippen molar-refractivity contribution >= 4 is 0 Å². The third-order valence-electron chi connectivity index (χ3n) is 5.87. The Hall–Kier alpha value is -3.74. The molecule has 180 valence electrons. The Bertz CT molecular complexity index is 1330. The van der Waals surface area contributed by atoms with Crippen molar-refractivity contribution in [1.29, 1.82) is 0 Å². The van der Waals surface area contributed by atoms with E-state index in [1.165, 1.54) is 4.57 Å². The molecule has 0 radical (unpaired) electrons. The fraction of sp³-hybridized carbons (Fsp3) is 0.241. The van der Waals surface area contributed by atoms with Crippen LogP contribution >= 0.6 is 0 Å². The van der Waals surface area contributed by atoms with Crippen molar-refractivity contribution in [3.05, 3.63) is 140 Å². The number of rotatable bonds is 11. The monoisotopic (exact) mass is 470 g/mol. The van der Waals surface area contributed by atoms with Crippen molar-refractivity contribution in [2.24, 2.45) is 0 Å². The molecule has 3 aromatic carbocycles. The summed E-state index contributed by atoms with van der Waals surface area (Å²) in [6, 6.07) is 29.3. The van der Waals surface area contributed by atoms with Gasteiger partial charge in [0.2, 0.25) is 0 Å². The summed E-state index contributed by atoms with van der Waals surface area (Å²) < 4.78 is 14.4. The van der Waals surface area contributed by atoms with Crippen molar-refractivity contribution in [1.82, 2.24) is 9.13 Å². The lowest BCUT2D eigenvalue weighted by atomic mass is 10.0. The fourth-order valence-electron chi connectivity index (χ4n) is 4.05. The maximum atomic E-state index is 13.5. The van der Waals surface area contributed by atoms with Gasteiger partial charge in [-0.3, -0.25) is 9.36 Å². The van der Waals surface area contributed by atoms with E-state index < -0.39 is 5.69 Å². The Morgan fingerprint density at radius 3 is 1.57 bits per heavy atom. The predicted octanol–water partition coefficient (Wildman–Crippen LogP) is 4.51. The van der Waals surface area contributed by atoms with Gasteiger partial charge in [0.15, 0.2) is 0 Å². The molecule has 0 aliphatic rings. The van der Waals surface area contributed by atoms with Crippen LogP contribution in [0.3, 0.4) is 0 Å². The topological polar surface area (TPSA) is 62.5 Å². The Morgan fingerprint density at radius 1 is 0.629 bits per heavy atom. The number of aromatic nitrogens is 2. The first-order chi connectivity index (χ1) is 17.2. The first-order valence-electron chi connectivity index (χ1n) is 11.8. The molecule has 0 atom stereocenters. The molecule has 0 bridgehead atoms. The third-order valence-corrected chi connectivity index (χ3v) is 5.87. The van der Waals surface area contributed by atoms with Crippen LogP contribution in [-0.2, 0) is 49.0 Å². The zero-order chi connectivity index (χ0) is 24.5. The summed E-state index contributed by atoms with van der Waals surface area (Å²) in [5.74, 6) is 0. The van der Waals surface area contributed by atoms with Gasteiger partial charge in [0.1, 0.15) is 13.5 Å². The molecular formula is C29H30N2O4. The second-order valence-corrected chi connectivity index (χ2v) is 8.31. The van der Waals surface area contributed by atoms with Crippen molar-refractivity contribution < 1.29 is 9.47 Å². The number of benzene rings is 3. The van der Waals surface area contributed by atoms with Gasteiger partial charge in [-0.15, -0.1) is 0 Å². The Balaban J connectivity index is 1.65. The van der Waals surface area contributed by atoms with Crippen LogP contribution in [-0.4, -0.2) is 9.13 Å². The third kappa shape index (κ3) is 6.23. The Labute approximate surface area is 205 Å². The summed E-state index contributed by atoms with van der Waals surface area (Å²) in [4.78, 5) is 26.9. The van der Waals surface area contributed by atoms with E-state index in [0.717, 1.165) is 16.7 Å². The van der Waals surface area contributed by atoms with Gasteiger partial charge in [-0.2, -0.15) is 0 Å². The summed E-state index contributed by atoms with van der Waals surface area (Å²) in [7, 11) is 0. The van der Waals surface area contributed by atoms with Gasteiger partial charge in [-0.1, -0.05) is 97.9 Å². The summed E-state index contributed by atoms with van der Waals surface area (Å²) >= 11 is 0. The maximum absolute atomic E-state index is 13.5. The van der Waals surface area contributed by atoms with Crippen molar-refractivity contribution in [2.45, 2.75) is 46.4 Å². The average Bonchev–Trinajstić information content (AvgIpc) is 2.90. The highest BCUT2D eigenvalue weighted by Crippen LogP contribution is 2.13. The van der Waals surface area contributed by atoms with E-state index in [1.807, 2.05) is 97.9 Å². The van der Waals surface area contributed by atoms with Crippen LogP contribution in [0.4, 0.5) is 0 Å². The molecule has 1 aromatic heterocycles. The second kappa shape index (κ2) is 12.1. The summed E-state index contributed by atoms with van der Waals surface area (Å²) in [6.45, 7) is 2.53. The molecule has 1 heterocycles. The van der Waals surface area contributed by atoms with Gasteiger partial charge in [0.05, 0.1) is 13.2 Å². The number of nitrogens with zero attached hydrogens (tertiary/aromatic N) is 2. The van der Waals surface area contributed by atoms with E-state index in [0.29, 0.717) is 37.3 Å². The SMILES string of the molecule is CCc1c(Cc2ccccc2)n(COCc2ccccc2)c(=O)n(COCc2ccccc2)c1=O. The summed E-state index contributed by atoms with van der Waals surface area (Å²) in [5, 5.41) is 0.